The summed E-state index contributed by atoms with van der Waals surface area (Å²) in [6.07, 6.45) is 1.88. The molecule has 8 heteroatoms. The van der Waals surface area contributed by atoms with Crippen molar-refractivity contribution in [3.8, 4) is 0 Å². The average molecular weight is 353 g/mol. The summed E-state index contributed by atoms with van der Waals surface area (Å²) in [5, 5.41) is 5.01. The van der Waals surface area contributed by atoms with E-state index in [2.05, 4.69) is 10.6 Å². The Bertz CT molecular complexity index is 919. The summed E-state index contributed by atoms with van der Waals surface area (Å²) in [5.74, 6) is -1.35. The minimum atomic E-state index is -0.693. The van der Waals surface area contributed by atoms with Gasteiger partial charge in [0, 0.05) is 29.8 Å². The second-order valence-corrected chi connectivity index (χ2v) is 6.16. The number of piperidine rings is 1. The molecule has 2 aromatic rings. The normalized spacial score (nSPS) is 19.3. The molecule has 132 valence electrons. The van der Waals surface area contributed by atoms with Crippen molar-refractivity contribution in [3.63, 3.8) is 0 Å². The van der Waals surface area contributed by atoms with E-state index >= 15 is 0 Å². The smallest absolute Gasteiger partial charge is 0.291 e. The minimum absolute atomic E-state index is 0.161. The number of nitrogens with zero attached hydrogens (tertiary/aromatic N) is 1. The van der Waals surface area contributed by atoms with E-state index in [1.165, 1.54) is 11.2 Å². The fourth-order valence-corrected chi connectivity index (χ4v) is 3.29. The van der Waals surface area contributed by atoms with E-state index in [4.69, 9.17) is 4.42 Å². The highest BCUT2D eigenvalue weighted by molar-refractivity contribution is 6.08. The van der Waals surface area contributed by atoms with Gasteiger partial charge in [0.15, 0.2) is 5.76 Å². The van der Waals surface area contributed by atoms with Gasteiger partial charge in [0.2, 0.25) is 11.8 Å². The number of rotatable bonds is 3. The van der Waals surface area contributed by atoms with Crippen molar-refractivity contribution < 1.29 is 23.6 Å². The molecule has 1 fully saturated rings. The number of amides is 4. The Morgan fingerprint density at radius 3 is 2.77 bits per heavy atom. The van der Waals surface area contributed by atoms with Gasteiger partial charge in [-0.3, -0.25) is 24.5 Å². The van der Waals surface area contributed by atoms with Crippen molar-refractivity contribution in [2.45, 2.75) is 25.4 Å². The van der Waals surface area contributed by atoms with Gasteiger partial charge < -0.3 is 14.6 Å². The predicted octanol–water partition coefficient (Wildman–Crippen LogP) is 1.29. The van der Waals surface area contributed by atoms with E-state index in [9.17, 15) is 19.2 Å². The van der Waals surface area contributed by atoms with Gasteiger partial charge in [0.1, 0.15) is 6.04 Å². The molecule has 1 atom stereocenters. The highest BCUT2D eigenvalue weighted by atomic mass is 16.3. The van der Waals surface area contributed by atoms with Crippen LogP contribution in [0.2, 0.25) is 0 Å². The molecule has 8 nitrogen and oxygen atoms in total. The summed E-state index contributed by atoms with van der Waals surface area (Å²) in [6, 6.07) is 7.48. The fourth-order valence-electron chi connectivity index (χ4n) is 3.29. The second-order valence-electron chi connectivity index (χ2n) is 6.16. The van der Waals surface area contributed by atoms with Crippen LogP contribution in [0, 0.1) is 0 Å². The van der Waals surface area contributed by atoms with Gasteiger partial charge in [0.05, 0.1) is 6.26 Å². The summed E-state index contributed by atoms with van der Waals surface area (Å²) in [6.45, 7) is 0.190. The largest absolute Gasteiger partial charge is 0.459 e. The topological polar surface area (TPSA) is 109 Å². The number of anilines is 1. The molecule has 0 saturated carbocycles. The van der Waals surface area contributed by atoms with Crippen LogP contribution in [0.3, 0.4) is 0 Å². The van der Waals surface area contributed by atoms with Crippen LogP contribution >= 0.6 is 0 Å². The molecule has 1 unspecified atom stereocenters. The molecule has 2 aliphatic heterocycles. The van der Waals surface area contributed by atoms with Gasteiger partial charge in [-0.1, -0.05) is 6.07 Å². The highest BCUT2D eigenvalue weighted by Crippen LogP contribution is 2.32. The van der Waals surface area contributed by atoms with E-state index in [1.807, 2.05) is 0 Å². The van der Waals surface area contributed by atoms with Crippen LogP contribution in [0.1, 0.15) is 39.3 Å². The Kier molecular flexibility index (Phi) is 3.80. The Morgan fingerprint density at radius 1 is 1.19 bits per heavy atom. The number of nitrogens with one attached hydrogen (secondary N) is 2. The van der Waals surface area contributed by atoms with Gasteiger partial charge in [-0.15, -0.1) is 0 Å². The molecule has 4 rings (SSSR count). The van der Waals surface area contributed by atoms with E-state index in [0.29, 0.717) is 23.2 Å². The number of carbonyl (C=O) groups is 4. The third-order valence-electron chi connectivity index (χ3n) is 4.58. The first-order valence-corrected chi connectivity index (χ1v) is 8.16. The first kappa shape index (κ1) is 16.1. The Hall–Kier alpha value is -3.42. The van der Waals surface area contributed by atoms with Crippen molar-refractivity contribution in [2.24, 2.45) is 0 Å². The second kappa shape index (κ2) is 6.14. The number of hydrogen-bond acceptors (Lipinski definition) is 5. The lowest BCUT2D eigenvalue weighted by atomic mass is 10.0. The zero-order valence-electron chi connectivity index (χ0n) is 13.7. The molecule has 1 aromatic carbocycles. The molecule has 26 heavy (non-hydrogen) atoms. The minimum Gasteiger partial charge on any atom is -0.459 e. The quantitative estimate of drug-likeness (QED) is 0.809. The molecule has 1 aromatic heterocycles. The maximum Gasteiger partial charge on any atom is 0.291 e. The van der Waals surface area contributed by atoms with E-state index in [1.54, 1.807) is 30.3 Å². The van der Waals surface area contributed by atoms with Gasteiger partial charge in [-0.05, 0) is 30.7 Å². The first-order chi connectivity index (χ1) is 12.5. The monoisotopic (exact) mass is 353 g/mol. The molecule has 0 spiro atoms. The number of furan rings is 1. The SMILES string of the molecule is O=C1CCC(N2Cc3c(NC(=O)c4ccco4)cccc3C2=O)C(=O)N1. The van der Waals surface area contributed by atoms with E-state index in [-0.39, 0.29) is 30.5 Å². The molecule has 2 N–H and O–H groups in total. The van der Waals surface area contributed by atoms with Crippen LogP contribution in [0.5, 0.6) is 0 Å². The standard InChI is InChI=1S/C18H15N3O5/c22-15-7-6-13(16(23)20-15)21-9-11-10(18(21)25)3-1-4-12(11)19-17(24)14-5-2-8-26-14/h1-5,8,13H,6-7,9H2,(H,19,24)(H,20,22,23). The zero-order chi connectivity index (χ0) is 18.3. The average Bonchev–Trinajstić information content (AvgIpc) is 3.25. The van der Waals surface area contributed by atoms with Crippen LogP contribution < -0.4 is 10.6 Å². The summed E-state index contributed by atoms with van der Waals surface area (Å²) in [5.41, 5.74) is 1.57. The third kappa shape index (κ3) is 2.65. The van der Waals surface area contributed by atoms with Crippen LogP contribution in [0.15, 0.2) is 41.0 Å². The Labute approximate surface area is 148 Å². The van der Waals surface area contributed by atoms with Crippen molar-refractivity contribution in [1.82, 2.24) is 10.2 Å². The summed E-state index contributed by atoms with van der Waals surface area (Å²) in [4.78, 5) is 49.8. The Balaban J connectivity index is 1.59. The summed E-state index contributed by atoms with van der Waals surface area (Å²) in [7, 11) is 0. The molecule has 1 saturated heterocycles. The van der Waals surface area contributed by atoms with Crippen LogP contribution in [0.4, 0.5) is 5.69 Å². The van der Waals surface area contributed by atoms with Gasteiger partial charge in [0.25, 0.3) is 11.8 Å². The summed E-state index contributed by atoms with van der Waals surface area (Å²) >= 11 is 0. The molecule has 2 aliphatic rings. The number of imide groups is 1. The molecule has 4 amide bonds. The van der Waals surface area contributed by atoms with Crippen molar-refractivity contribution in [3.05, 3.63) is 53.5 Å². The van der Waals surface area contributed by atoms with Crippen LogP contribution in [0.25, 0.3) is 0 Å². The van der Waals surface area contributed by atoms with Gasteiger partial charge >= 0.3 is 0 Å². The molecule has 0 radical (unpaired) electrons. The third-order valence-corrected chi connectivity index (χ3v) is 4.58. The van der Waals surface area contributed by atoms with Crippen molar-refractivity contribution in [1.29, 1.82) is 0 Å². The maximum atomic E-state index is 12.7. The highest BCUT2D eigenvalue weighted by Gasteiger charge is 2.39. The lowest BCUT2D eigenvalue weighted by Gasteiger charge is -2.29. The molecule has 3 heterocycles. The van der Waals surface area contributed by atoms with Crippen molar-refractivity contribution in [2.75, 3.05) is 5.32 Å². The van der Waals surface area contributed by atoms with E-state index in [0.717, 1.165) is 0 Å². The number of carbonyl (C=O) groups excluding carboxylic acids is 4. The number of hydrogen-bond donors (Lipinski definition) is 2. The summed E-state index contributed by atoms with van der Waals surface area (Å²) < 4.78 is 5.07. The molecule has 0 bridgehead atoms. The Morgan fingerprint density at radius 2 is 2.04 bits per heavy atom. The number of fused-ring (bicyclic) bond motifs is 1. The molecular formula is C18H15N3O5. The molecule has 0 aliphatic carbocycles. The fraction of sp³-hybridized carbons (Fsp3) is 0.222. The van der Waals surface area contributed by atoms with E-state index < -0.39 is 17.9 Å². The maximum absolute atomic E-state index is 12.7. The van der Waals surface area contributed by atoms with Crippen LogP contribution in [-0.2, 0) is 16.1 Å². The first-order valence-electron chi connectivity index (χ1n) is 8.16. The van der Waals surface area contributed by atoms with Crippen molar-refractivity contribution >= 4 is 29.3 Å². The van der Waals surface area contributed by atoms with Gasteiger partial charge in [-0.2, -0.15) is 0 Å². The lowest BCUT2D eigenvalue weighted by molar-refractivity contribution is -0.136. The predicted molar refractivity (Wildman–Crippen MR) is 89.1 cm³/mol. The lowest BCUT2D eigenvalue weighted by Crippen LogP contribution is -2.52. The van der Waals surface area contributed by atoms with Gasteiger partial charge in [-0.25, -0.2) is 0 Å². The number of benzene rings is 1. The zero-order valence-corrected chi connectivity index (χ0v) is 13.7. The van der Waals surface area contributed by atoms with Crippen LogP contribution in [-0.4, -0.2) is 34.6 Å². The molecular weight excluding hydrogens is 338 g/mol.